The standard InChI is InChI=1S/C61H76F2N8O10/c1-36(39-16-18-42(19-17-39)61(3,62)63)32-55(76)66-49-22-20-43(65-37(2)72)33-44-21-24-51(71(44)60(49)81)57(78)67-48(23-26-53(64)74)52(73)34-46(40-11-5-4-6-12-40)58(79)69-30-28-38(29-31-69)10-7-8-13-41-14-9-15-45-47(41)35-70(59(45)80)50-25-27-54(75)68-56(50)77/h9,14-19,32,38,40,43-44,46,48-51H,4-7,10-12,20-31,33-35H2,1-3H3,(H2,64,74)(H,65,72)(H,66,76)(H,67,78)(H,68,75,77)/b36-32+/t43-,44+,46-,48-,49-,50?,51-/m0/s1. The third-order valence-electron chi connectivity index (χ3n) is 17.4. The zero-order chi connectivity index (χ0) is 58.1. The Morgan fingerprint density at radius 2 is 1.60 bits per heavy atom. The summed E-state index contributed by atoms with van der Waals surface area (Å²) in [5.74, 6) is -1.24. The van der Waals surface area contributed by atoms with Crippen LogP contribution in [0.1, 0.15) is 175 Å². The Hall–Kier alpha value is -7.30. The number of hydrogen-bond donors (Lipinski definition) is 5. The molecule has 434 valence electrons. The first-order valence-electron chi connectivity index (χ1n) is 28.9. The fourth-order valence-corrected chi connectivity index (χ4v) is 12.9. The number of amides is 9. The molecule has 8 rings (SSSR count). The van der Waals surface area contributed by atoms with Gasteiger partial charge < -0.3 is 36.4 Å². The molecule has 0 aromatic heterocycles. The minimum atomic E-state index is -3.05. The third-order valence-corrected chi connectivity index (χ3v) is 17.4. The van der Waals surface area contributed by atoms with Crippen LogP contribution in [-0.2, 0) is 55.6 Å². The molecular weight excluding hydrogens is 1040 g/mol. The first kappa shape index (κ1) is 59.8. The smallest absolute Gasteiger partial charge is 0.270 e. The van der Waals surface area contributed by atoms with E-state index < -0.39 is 77.4 Å². The van der Waals surface area contributed by atoms with Crippen LogP contribution in [0.4, 0.5) is 8.78 Å². The number of ketones is 1. The van der Waals surface area contributed by atoms with Crippen molar-refractivity contribution in [3.8, 4) is 11.8 Å². The number of nitrogens with one attached hydrogen (secondary N) is 4. The van der Waals surface area contributed by atoms with Gasteiger partial charge in [-0.2, -0.15) is 0 Å². The first-order chi connectivity index (χ1) is 38.6. The molecule has 2 aromatic rings. The van der Waals surface area contributed by atoms with Crippen LogP contribution in [0.15, 0.2) is 48.5 Å². The summed E-state index contributed by atoms with van der Waals surface area (Å²) in [6.45, 7) is 5.07. The third kappa shape index (κ3) is 15.0. The highest BCUT2D eigenvalue weighted by Crippen LogP contribution is 2.37. The quantitative estimate of drug-likeness (QED) is 0.0715. The summed E-state index contributed by atoms with van der Waals surface area (Å²) in [4.78, 5) is 139. The number of piperidine rings is 2. The van der Waals surface area contributed by atoms with E-state index in [1.807, 2.05) is 11.0 Å². The normalized spacial score (nSPS) is 23.6. The molecule has 0 radical (unpaired) electrons. The topological polar surface area (TPSA) is 255 Å². The Morgan fingerprint density at radius 1 is 0.877 bits per heavy atom. The largest absolute Gasteiger partial charge is 0.370 e. The zero-order valence-corrected chi connectivity index (χ0v) is 46.6. The van der Waals surface area contributed by atoms with Crippen molar-refractivity contribution in [2.75, 3.05) is 13.1 Å². The Labute approximate surface area is 471 Å². The van der Waals surface area contributed by atoms with Crippen LogP contribution >= 0.6 is 0 Å². The molecular formula is C61H76F2N8O10. The highest BCUT2D eigenvalue weighted by Gasteiger charge is 2.47. The van der Waals surface area contributed by atoms with Crippen LogP contribution in [0.5, 0.6) is 0 Å². The molecule has 20 heteroatoms. The van der Waals surface area contributed by atoms with E-state index in [0.29, 0.717) is 61.4 Å². The van der Waals surface area contributed by atoms with E-state index in [4.69, 9.17) is 5.73 Å². The molecule has 4 saturated heterocycles. The maximum absolute atomic E-state index is 14.7. The van der Waals surface area contributed by atoms with Gasteiger partial charge in [-0.1, -0.05) is 61.4 Å². The van der Waals surface area contributed by atoms with Gasteiger partial charge >= 0.3 is 0 Å². The number of hydrogen-bond acceptors (Lipinski definition) is 10. The van der Waals surface area contributed by atoms with Crippen molar-refractivity contribution in [3.63, 3.8) is 0 Å². The Bertz CT molecular complexity index is 2860. The molecule has 18 nitrogen and oxygen atoms in total. The van der Waals surface area contributed by atoms with Crippen LogP contribution in [-0.4, -0.2) is 123 Å². The van der Waals surface area contributed by atoms with Gasteiger partial charge in [-0.3, -0.25) is 53.3 Å². The van der Waals surface area contributed by atoms with Crippen LogP contribution in [0, 0.1) is 29.6 Å². The van der Waals surface area contributed by atoms with Gasteiger partial charge in [0.15, 0.2) is 5.78 Å². The maximum Gasteiger partial charge on any atom is 0.270 e. The number of nitrogens with two attached hydrogens (primary N) is 1. The van der Waals surface area contributed by atoms with Gasteiger partial charge in [0.1, 0.15) is 18.1 Å². The van der Waals surface area contributed by atoms with Gasteiger partial charge in [0, 0.05) is 99.9 Å². The number of carbonyl (C=O) groups is 10. The molecule has 1 saturated carbocycles. The number of primary amides is 1. The molecule has 6 aliphatic rings. The number of imide groups is 1. The summed E-state index contributed by atoms with van der Waals surface area (Å²) in [5.41, 5.74) is 8.39. The number of carbonyl (C=O) groups excluding carboxylic acids is 10. The predicted octanol–water partition coefficient (Wildman–Crippen LogP) is 5.47. The molecule has 5 fully saturated rings. The second-order valence-electron chi connectivity index (χ2n) is 23.1. The van der Waals surface area contributed by atoms with Crippen molar-refractivity contribution < 1.29 is 56.7 Å². The van der Waals surface area contributed by atoms with E-state index in [2.05, 4.69) is 33.1 Å². The van der Waals surface area contributed by atoms with Crippen molar-refractivity contribution in [1.29, 1.82) is 0 Å². The number of rotatable bonds is 18. The molecule has 2 aromatic carbocycles. The summed E-state index contributed by atoms with van der Waals surface area (Å²) >= 11 is 0. The zero-order valence-electron chi connectivity index (χ0n) is 46.6. The molecule has 9 amide bonds. The average molecular weight is 1120 g/mol. The van der Waals surface area contributed by atoms with Gasteiger partial charge in [0.05, 0.1) is 6.04 Å². The number of alkyl halides is 2. The van der Waals surface area contributed by atoms with E-state index in [9.17, 15) is 56.7 Å². The molecule has 5 heterocycles. The van der Waals surface area contributed by atoms with Crippen LogP contribution in [0.25, 0.3) is 5.57 Å². The van der Waals surface area contributed by atoms with Crippen molar-refractivity contribution in [3.05, 3.63) is 76.4 Å². The van der Waals surface area contributed by atoms with Crippen molar-refractivity contribution in [1.82, 2.24) is 36.0 Å². The van der Waals surface area contributed by atoms with E-state index in [-0.39, 0.29) is 92.6 Å². The van der Waals surface area contributed by atoms with E-state index >= 15 is 0 Å². The fraction of sp³-hybridized carbons (Fsp3) is 0.574. The van der Waals surface area contributed by atoms with Crippen molar-refractivity contribution in [2.45, 2.75) is 191 Å². The monoisotopic (exact) mass is 1120 g/mol. The van der Waals surface area contributed by atoms with Gasteiger partial charge in [-0.15, -0.1) is 0 Å². The molecule has 6 N–H and O–H groups in total. The summed E-state index contributed by atoms with van der Waals surface area (Å²) in [6, 6.07) is 5.91. The molecule has 7 atom stereocenters. The van der Waals surface area contributed by atoms with Gasteiger partial charge in [0.2, 0.25) is 47.3 Å². The number of halogens is 2. The van der Waals surface area contributed by atoms with Gasteiger partial charge in [0.25, 0.3) is 11.8 Å². The van der Waals surface area contributed by atoms with E-state index in [1.165, 1.54) is 47.1 Å². The molecule has 81 heavy (non-hydrogen) atoms. The number of nitrogens with zero attached hydrogens (tertiary/aromatic N) is 3. The van der Waals surface area contributed by atoms with Crippen LogP contribution in [0.3, 0.4) is 0 Å². The summed E-state index contributed by atoms with van der Waals surface area (Å²) < 4.78 is 27.8. The summed E-state index contributed by atoms with van der Waals surface area (Å²) in [7, 11) is 0. The van der Waals surface area contributed by atoms with Crippen LogP contribution < -0.4 is 27.0 Å². The number of likely N-dealkylation sites (tertiary alicyclic amines) is 1. The lowest BCUT2D eigenvalue weighted by molar-refractivity contribution is -0.145. The van der Waals surface area contributed by atoms with E-state index in [0.717, 1.165) is 69.4 Å². The lowest BCUT2D eigenvalue weighted by atomic mass is 9.76. The molecule has 0 bridgehead atoms. The number of fused-ring (bicyclic) bond motifs is 2. The number of benzene rings is 2. The van der Waals surface area contributed by atoms with Crippen molar-refractivity contribution >= 4 is 64.5 Å². The SMILES string of the molecule is CC(=O)N[C@H]1CC[C@H](NC(=O)/C=C(\C)c2ccc(C(C)(F)F)cc2)C(=O)N2[C@H](CC[C@H]2C(=O)N[C@@H](CCC(N)=O)C(=O)C[C@H](C(=O)N2CCC(CCC#Cc3cccc4c3CN(C3CCC(=O)NC3=O)C4=O)CC2)C2CCCCC2)C1. The molecule has 5 aliphatic heterocycles. The molecule has 1 aliphatic carbocycles. The fourth-order valence-electron chi connectivity index (χ4n) is 12.9. The number of allylic oxidation sites excluding steroid dienone is 1. The highest BCUT2D eigenvalue weighted by molar-refractivity contribution is 6.06. The Morgan fingerprint density at radius 3 is 2.28 bits per heavy atom. The second-order valence-corrected chi connectivity index (χ2v) is 23.1. The molecule has 0 spiro atoms. The predicted molar refractivity (Wildman–Crippen MR) is 295 cm³/mol. The summed E-state index contributed by atoms with van der Waals surface area (Å²) in [5, 5.41) is 11.0. The minimum Gasteiger partial charge on any atom is -0.370 e. The Kier molecular flexibility index (Phi) is 19.6. The lowest BCUT2D eigenvalue weighted by Gasteiger charge is -2.38. The summed E-state index contributed by atoms with van der Waals surface area (Å²) in [6.07, 6.45) is 9.91. The first-order valence-corrected chi connectivity index (χ1v) is 28.9. The lowest BCUT2D eigenvalue weighted by Crippen LogP contribution is -2.59. The van der Waals surface area contributed by atoms with E-state index in [1.54, 1.807) is 19.1 Å². The Balaban J connectivity index is 0.904. The number of Topliss-reactive ketones (excluding diaryl/α,β-unsaturated/α-hetero) is 1. The van der Waals surface area contributed by atoms with Crippen molar-refractivity contribution in [2.24, 2.45) is 23.5 Å². The van der Waals surface area contributed by atoms with Gasteiger partial charge in [-0.25, -0.2) is 8.78 Å². The second kappa shape index (κ2) is 26.5. The van der Waals surface area contributed by atoms with Gasteiger partial charge in [-0.05, 0) is 125 Å². The minimum absolute atomic E-state index is 0.0623. The maximum atomic E-state index is 14.7. The molecule has 1 unspecified atom stereocenters. The average Bonchev–Trinajstić information content (AvgIpc) is 4.27. The van der Waals surface area contributed by atoms with Crippen LogP contribution in [0.2, 0.25) is 0 Å². The highest BCUT2D eigenvalue weighted by atomic mass is 19.3.